The van der Waals surface area contributed by atoms with Gasteiger partial charge in [-0.05, 0) is 17.2 Å². The summed E-state index contributed by atoms with van der Waals surface area (Å²) >= 11 is 0. The number of hydrogen-bond acceptors (Lipinski definition) is 2. The van der Waals surface area contributed by atoms with Crippen LogP contribution in [-0.2, 0) is 4.74 Å². The second-order valence-corrected chi connectivity index (χ2v) is 11.7. The van der Waals surface area contributed by atoms with E-state index < -0.39 is 14.2 Å². The average molecular weight is 262 g/mol. The molecule has 0 heterocycles. The zero-order valence-electron chi connectivity index (χ0n) is 11.4. The second-order valence-electron chi connectivity index (χ2n) is 6.08. The SMILES string of the molecule is C[Si](C)(C)CCO[C@@H]1C=Cc2ccccc2[C@H]1O. The molecule has 98 valence electrons. The van der Waals surface area contributed by atoms with Crippen LogP contribution in [0, 0.1) is 0 Å². The van der Waals surface area contributed by atoms with Crippen molar-refractivity contribution in [2.24, 2.45) is 0 Å². The fourth-order valence-corrected chi connectivity index (χ4v) is 2.79. The van der Waals surface area contributed by atoms with Crippen molar-refractivity contribution >= 4 is 14.1 Å². The lowest BCUT2D eigenvalue weighted by Gasteiger charge is -2.27. The summed E-state index contributed by atoms with van der Waals surface area (Å²) in [5.74, 6) is 0. The minimum atomic E-state index is -1.07. The predicted octanol–water partition coefficient (Wildman–Crippen LogP) is 3.47. The van der Waals surface area contributed by atoms with Crippen molar-refractivity contribution in [1.82, 2.24) is 0 Å². The molecule has 1 aromatic carbocycles. The quantitative estimate of drug-likeness (QED) is 0.842. The highest BCUT2D eigenvalue weighted by Crippen LogP contribution is 2.29. The van der Waals surface area contributed by atoms with Crippen LogP contribution in [0.3, 0.4) is 0 Å². The lowest BCUT2D eigenvalue weighted by molar-refractivity contribution is -0.00695. The van der Waals surface area contributed by atoms with E-state index in [1.807, 2.05) is 36.4 Å². The molecule has 0 aromatic heterocycles. The lowest BCUT2D eigenvalue weighted by Crippen LogP contribution is -2.27. The van der Waals surface area contributed by atoms with Gasteiger partial charge in [-0.25, -0.2) is 0 Å². The molecule has 1 N–H and O–H groups in total. The molecule has 0 bridgehead atoms. The smallest absolute Gasteiger partial charge is 0.109 e. The van der Waals surface area contributed by atoms with E-state index in [2.05, 4.69) is 19.6 Å². The van der Waals surface area contributed by atoms with Gasteiger partial charge in [-0.1, -0.05) is 56.1 Å². The monoisotopic (exact) mass is 262 g/mol. The van der Waals surface area contributed by atoms with Crippen LogP contribution in [-0.4, -0.2) is 25.9 Å². The molecular weight excluding hydrogens is 240 g/mol. The molecule has 0 saturated carbocycles. The third-order valence-corrected chi connectivity index (χ3v) is 4.96. The first kappa shape index (κ1) is 13.5. The molecule has 0 amide bonds. The first-order valence-corrected chi connectivity index (χ1v) is 10.2. The molecule has 2 rings (SSSR count). The summed E-state index contributed by atoms with van der Waals surface area (Å²) in [6.07, 6.45) is 3.28. The fraction of sp³-hybridized carbons (Fsp3) is 0.467. The molecule has 2 nitrogen and oxygen atoms in total. The van der Waals surface area contributed by atoms with Crippen molar-refractivity contribution in [3.05, 3.63) is 41.5 Å². The highest BCUT2D eigenvalue weighted by molar-refractivity contribution is 6.76. The van der Waals surface area contributed by atoms with Crippen molar-refractivity contribution < 1.29 is 9.84 Å². The van der Waals surface area contributed by atoms with Gasteiger partial charge < -0.3 is 9.84 Å². The van der Waals surface area contributed by atoms with Crippen LogP contribution in [0.5, 0.6) is 0 Å². The Labute approximate surface area is 110 Å². The van der Waals surface area contributed by atoms with E-state index in [1.54, 1.807) is 0 Å². The largest absolute Gasteiger partial charge is 0.385 e. The van der Waals surface area contributed by atoms with Gasteiger partial charge in [-0.15, -0.1) is 0 Å². The summed E-state index contributed by atoms with van der Waals surface area (Å²) in [5, 5.41) is 10.3. The zero-order valence-corrected chi connectivity index (χ0v) is 12.4. The molecule has 2 atom stereocenters. The van der Waals surface area contributed by atoms with Gasteiger partial charge in [-0.3, -0.25) is 0 Å². The van der Waals surface area contributed by atoms with Gasteiger partial charge in [0, 0.05) is 14.7 Å². The minimum absolute atomic E-state index is 0.198. The number of hydrogen-bond donors (Lipinski definition) is 1. The van der Waals surface area contributed by atoms with E-state index in [4.69, 9.17) is 4.74 Å². The van der Waals surface area contributed by atoms with Gasteiger partial charge in [0.25, 0.3) is 0 Å². The Morgan fingerprint density at radius 1 is 1.22 bits per heavy atom. The summed E-state index contributed by atoms with van der Waals surface area (Å²) in [6.45, 7) is 7.74. The van der Waals surface area contributed by atoms with Gasteiger partial charge in [0.1, 0.15) is 12.2 Å². The van der Waals surface area contributed by atoms with Crippen LogP contribution in [0.1, 0.15) is 17.2 Å². The van der Waals surface area contributed by atoms with Crippen LogP contribution in [0.4, 0.5) is 0 Å². The highest BCUT2D eigenvalue weighted by Gasteiger charge is 2.25. The van der Waals surface area contributed by atoms with E-state index in [9.17, 15) is 5.11 Å². The van der Waals surface area contributed by atoms with Crippen molar-refractivity contribution in [1.29, 1.82) is 0 Å². The maximum Gasteiger partial charge on any atom is 0.109 e. The Balaban J connectivity index is 1.97. The standard InChI is InChI=1S/C15H22O2Si/c1-18(2,3)11-10-17-14-9-8-12-6-4-5-7-13(12)15(14)16/h4-9,14-16H,10-11H2,1-3H3/t14-,15-/m1/s1. The third kappa shape index (κ3) is 3.31. The summed E-state index contributed by atoms with van der Waals surface area (Å²) in [4.78, 5) is 0. The molecule has 1 aliphatic carbocycles. The number of aliphatic hydroxyl groups is 1. The molecular formula is C15H22O2Si. The molecule has 0 saturated heterocycles. The Morgan fingerprint density at radius 2 is 1.94 bits per heavy atom. The van der Waals surface area contributed by atoms with Crippen LogP contribution >= 0.6 is 0 Å². The summed E-state index contributed by atoms with van der Waals surface area (Å²) in [5.41, 5.74) is 2.06. The Hall–Kier alpha value is -0.903. The topological polar surface area (TPSA) is 29.5 Å². The Morgan fingerprint density at radius 3 is 2.67 bits per heavy atom. The minimum Gasteiger partial charge on any atom is -0.385 e. The maximum atomic E-state index is 10.3. The van der Waals surface area contributed by atoms with Gasteiger partial charge in [0.05, 0.1) is 0 Å². The Kier molecular flexibility index (Phi) is 4.05. The average Bonchev–Trinajstić information content (AvgIpc) is 2.31. The number of ether oxygens (including phenoxy) is 1. The molecule has 0 fully saturated rings. The fourth-order valence-electron chi connectivity index (χ4n) is 2.06. The molecule has 1 aromatic rings. The first-order chi connectivity index (χ1) is 8.47. The van der Waals surface area contributed by atoms with Crippen LogP contribution < -0.4 is 0 Å². The molecule has 0 unspecified atom stereocenters. The zero-order chi connectivity index (χ0) is 13.2. The maximum absolute atomic E-state index is 10.3. The molecule has 18 heavy (non-hydrogen) atoms. The van der Waals surface area contributed by atoms with Gasteiger partial charge in [0.2, 0.25) is 0 Å². The van der Waals surface area contributed by atoms with Gasteiger partial charge in [-0.2, -0.15) is 0 Å². The number of fused-ring (bicyclic) bond motifs is 1. The summed E-state index contributed by atoms with van der Waals surface area (Å²) in [6, 6.07) is 9.07. The van der Waals surface area contributed by atoms with Crippen LogP contribution in [0.25, 0.3) is 6.08 Å². The first-order valence-electron chi connectivity index (χ1n) is 6.54. The molecule has 0 radical (unpaired) electrons. The predicted molar refractivity (Wildman–Crippen MR) is 78.3 cm³/mol. The van der Waals surface area contributed by atoms with E-state index in [-0.39, 0.29) is 6.10 Å². The second kappa shape index (κ2) is 5.39. The number of rotatable bonds is 4. The lowest BCUT2D eigenvalue weighted by atomic mass is 9.93. The van der Waals surface area contributed by atoms with Gasteiger partial charge in [0.15, 0.2) is 0 Å². The highest BCUT2D eigenvalue weighted by atomic mass is 28.3. The molecule has 3 heteroatoms. The van der Waals surface area contributed by atoms with Gasteiger partial charge >= 0.3 is 0 Å². The van der Waals surface area contributed by atoms with Crippen molar-refractivity contribution in [2.75, 3.05) is 6.61 Å². The number of benzene rings is 1. The normalized spacial score (nSPS) is 22.9. The third-order valence-electron chi connectivity index (χ3n) is 3.25. The van der Waals surface area contributed by atoms with E-state index >= 15 is 0 Å². The van der Waals surface area contributed by atoms with Crippen LogP contribution in [0.2, 0.25) is 25.7 Å². The van der Waals surface area contributed by atoms with E-state index in [0.717, 1.165) is 23.8 Å². The van der Waals surface area contributed by atoms with Crippen molar-refractivity contribution in [3.63, 3.8) is 0 Å². The van der Waals surface area contributed by atoms with E-state index in [1.165, 1.54) is 0 Å². The van der Waals surface area contributed by atoms with Crippen LogP contribution in [0.15, 0.2) is 30.3 Å². The molecule has 1 aliphatic rings. The molecule has 0 aliphatic heterocycles. The summed E-state index contributed by atoms with van der Waals surface area (Å²) < 4.78 is 5.83. The molecule has 0 spiro atoms. The Bertz CT molecular complexity index is 434. The van der Waals surface area contributed by atoms with Crippen molar-refractivity contribution in [2.45, 2.75) is 37.9 Å². The summed E-state index contributed by atoms with van der Waals surface area (Å²) in [7, 11) is -1.07. The van der Waals surface area contributed by atoms with E-state index in [0.29, 0.717) is 0 Å². The number of aliphatic hydroxyl groups excluding tert-OH is 1. The van der Waals surface area contributed by atoms with Crippen molar-refractivity contribution in [3.8, 4) is 0 Å².